The van der Waals surface area contributed by atoms with Gasteiger partial charge in [-0.2, -0.15) is 0 Å². The first-order chi connectivity index (χ1) is 21.7. The smallest absolute Gasteiger partial charge is 0.407 e. The third kappa shape index (κ3) is 38.0. The fourth-order valence-corrected chi connectivity index (χ4v) is 3.24. The number of rotatable bonds is 33. The van der Waals surface area contributed by atoms with E-state index in [-0.39, 0.29) is 18.7 Å². The molecule has 0 rings (SSSR count). The van der Waals surface area contributed by atoms with Crippen LogP contribution in [0.3, 0.4) is 0 Å². The molecule has 0 saturated carbocycles. The molecule has 0 bridgehead atoms. The van der Waals surface area contributed by atoms with Gasteiger partial charge in [0.05, 0.1) is 106 Å². The van der Waals surface area contributed by atoms with E-state index >= 15 is 0 Å². The lowest BCUT2D eigenvalue weighted by atomic mass is 10.2. The second kappa shape index (κ2) is 31.9. The van der Waals surface area contributed by atoms with E-state index in [9.17, 15) is 14.4 Å². The fourth-order valence-electron chi connectivity index (χ4n) is 3.24. The van der Waals surface area contributed by atoms with E-state index in [0.717, 1.165) is 12.8 Å². The molecule has 0 aliphatic heterocycles. The summed E-state index contributed by atoms with van der Waals surface area (Å²) >= 11 is 0. The molecule has 2 amide bonds. The molecule has 0 aromatic rings. The van der Waals surface area contributed by atoms with Gasteiger partial charge in [-0.05, 0) is 33.6 Å². The monoisotopic (exact) mass is 654 g/mol. The molecule has 15 nitrogen and oxygen atoms in total. The summed E-state index contributed by atoms with van der Waals surface area (Å²) in [6.07, 6.45) is 2.16. The maximum absolute atomic E-state index is 11.7. The molecule has 0 fully saturated rings. The van der Waals surface area contributed by atoms with Gasteiger partial charge in [0.1, 0.15) is 5.60 Å². The third-order valence-electron chi connectivity index (χ3n) is 5.38. The molecule has 0 spiro atoms. The number of carbonyl (C=O) groups is 3. The van der Waals surface area contributed by atoms with E-state index in [2.05, 4.69) is 10.6 Å². The number of carboxylic acid groups (broad SMARTS) is 1. The van der Waals surface area contributed by atoms with Gasteiger partial charge in [0, 0.05) is 25.9 Å². The lowest BCUT2D eigenvalue weighted by molar-refractivity contribution is -0.137. The number of nitrogens with one attached hydrogen (secondary N) is 2. The van der Waals surface area contributed by atoms with Crippen molar-refractivity contribution in [3.63, 3.8) is 0 Å². The number of unbranched alkanes of at least 4 members (excludes halogenated alkanes) is 2. The molecule has 0 saturated heterocycles. The lowest BCUT2D eigenvalue weighted by Gasteiger charge is -2.19. The van der Waals surface area contributed by atoms with Crippen molar-refractivity contribution in [2.75, 3.05) is 119 Å². The van der Waals surface area contributed by atoms with Crippen LogP contribution in [-0.4, -0.2) is 147 Å². The zero-order valence-corrected chi connectivity index (χ0v) is 27.6. The number of hydrogen-bond acceptors (Lipinski definition) is 12. The third-order valence-corrected chi connectivity index (χ3v) is 5.38. The van der Waals surface area contributed by atoms with Gasteiger partial charge in [-0.15, -0.1) is 0 Å². The Bertz CT molecular complexity index is 708. The molecular weight excluding hydrogens is 596 g/mol. The number of ether oxygens (including phenoxy) is 9. The number of amides is 2. The fraction of sp³-hybridized carbons (Fsp3) is 0.900. The molecule has 266 valence electrons. The first-order valence-electron chi connectivity index (χ1n) is 15.8. The summed E-state index contributed by atoms with van der Waals surface area (Å²) in [6.45, 7) is 13.4. The molecule has 15 heteroatoms. The van der Waals surface area contributed by atoms with Gasteiger partial charge in [0.15, 0.2) is 0 Å². The van der Waals surface area contributed by atoms with Gasteiger partial charge >= 0.3 is 12.1 Å². The highest BCUT2D eigenvalue weighted by Crippen LogP contribution is 2.06. The molecule has 0 heterocycles. The SMILES string of the molecule is CC(C)(C)OC(=O)NCCOCCOCCOCCOCCOCCOCCOCCOCCC(=O)NCCCCCC(=O)O. The lowest BCUT2D eigenvalue weighted by Crippen LogP contribution is -2.34. The van der Waals surface area contributed by atoms with Crippen molar-refractivity contribution in [3.8, 4) is 0 Å². The van der Waals surface area contributed by atoms with Crippen molar-refractivity contribution in [2.24, 2.45) is 0 Å². The van der Waals surface area contributed by atoms with Crippen molar-refractivity contribution in [2.45, 2.75) is 58.5 Å². The maximum Gasteiger partial charge on any atom is 0.407 e. The van der Waals surface area contributed by atoms with E-state index in [4.69, 9.17) is 47.7 Å². The van der Waals surface area contributed by atoms with E-state index in [0.29, 0.717) is 125 Å². The Morgan fingerprint density at radius 1 is 0.489 bits per heavy atom. The van der Waals surface area contributed by atoms with Crippen LogP contribution in [0.5, 0.6) is 0 Å². The zero-order chi connectivity index (χ0) is 33.3. The normalized spacial score (nSPS) is 11.4. The van der Waals surface area contributed by atoms with E-state index in [1.165, 1.54) is 0 Å². The summed E-state index contributed by atoms with van der Waals surface area (Å²) in [5.41, 5.74) is -0.517. The van der Waals surface area contributed by atoms with Gasteiger partial charge in [-0.1, -0.05) is 6.42 Å². The Labute approximate surface area is 268 Å². The number of alkyl carbamates (subject to hydrolysis) is 1. The minimum Gasteiger partial charge on any atom is -0.481 e. The summed E-state index contributed by atoms with van der Waals surface area (Å²) in [4.78, 5) is 33.6. The van der Waals surface area contributed by atoms with Gasteiger partial charge in [-0.25, -0.2) is 4.79 Å². The van der Waals surface area contributed by atoms with E-state index in [1.54, 1.807) is 0 Å². The van der Waals surface area contributed by atoms with Gasteiger partial charge < -0.3 is 58.4 Å². The maximum atomic E-state index is 11.7. The second-order valence-electron chi connectivity index (χ2n) is 10.6. The van der Waals surface area contributed by atoms with Crippen molar-refractivity contribution in [1.29, 1.82) is 0 Å². The number of hydrogen-bond donors (Lipinski definition) is 3. The molecule has 0 aromatic heterocycles. The highest BCUT2D eigenvalue weighted by Gasteiger charge is 2.15. The van der Waals surface area contributed by atoms with Crippen LogP contribution in [-0.2, 0) is 52.2 Å². The molecule has 0 unspecified atom stereocenters. The molecule has 0 aliphatic rings. The van der Waals surface area contributed by atoms with Crippen LogP contribution in [0.1, 0.15) is 52.9 Å². The van der Waals surface area contributed by atoms with Crippen molar-refractivity contribution in [3.05, 3.63) is 0 Å². The highest BCUT2D eigenvalue weighted by atomic mass is 16.6. The highest BCUT2D eigenvalue weighted by molar-refractivity contribution is 5.75. The molecule has 0 aromatic carbocycles. The summed E-state index contributed by atoms with van der Waals surface area (Å²) in [7, 11) is 0. The number of aliphatic carboxylic acids is 1. The summed E-state index contributed by atoms with van der Waals surface area (Å²) in [5.74, 6) is -0.869. The largest absolute Gasteiger partial charge is 0.481 e. The van der Waals surface area contributed by atoms with E-state index in [1.807, 2.05) is 20.8 Å². The van der Waals surface area contributed by atoms with E-state index < -0.39 is 17.7 Å². The van der Waals surface area contributed by atoms with Crippen LogP contribution in [0, 0.1) is 0 Å². The predicted molar refractivity (Wildman–Crippen MR) is 165 cm³/mol. The number of carboxylic acids is 1. The molecule has 0 atom stereocenters. The predicted octanol–water partition coefficient (Wildman–Crippen LogP) is 1.80. The van der Waals surface area contributed by atoms with Crippen molar-refractivity contribution < 1.29 is 62.1 Å². The Morgan fingerprint density at radius 3 is 1.29 bits per heavy atom. The average Bonchev–Trinajstić information content (AvgIpc) is 2.97. The summed E-state index contributed by atoms with van der Waals surface area (Å²) < 4.78 is 48.5. The van der Waals surface area contributed by atoms with Crippen molar-refractivity contribution in [1.82, 2.24) is 10.6 Å². The summed E-state index contributed by atoms with van der Waals surface area (Å²) in [6, 6.07) is 0. The Hall–Kier alpha value is -2.11. The minimum absolute atomic E-state index is 0.0772. The molecular formula is C30H58N2O13. The van der Waals surface area contributed by atoms with Crippen LogP contribution in [0.25, 0.3) is 0 Å². The quantitative estimate of drug-likeness (QED) is 0.0874. The van der Waals surface area contributed by atoms with Gasteiger partial charge in [0.2, 0.25) is 5.91 Å². The first-order valence-corrected chi connectivity index (χ1v) is 15.8. The topological polar surface area (TPSA) is 179 Å². The molecule has 3 N–H and O–H groups in total. The second-order valence-corrected chi connectivity index (χ2v) is 10.6. The van der Waals surface area contributed by atoms with Crippen LogP contribution in [0.2, 0.25) is 0 Å². The Morgan fingerprint density at radius 2 is 0.889 bits per heavy atom. The molecule has 0 radical (unpaired) electrons. The van der Waals surface area contributed by atoms with Crippen LogP contribution >= 0.6 is 0 Å². The first kappa shape index (κ1) is 42.9. The Kier molecular flexibility index (Phi) is 30.4. The number of carbonyl (C=O) groups excluding carboxylic acids is 2. The zero-order valence-electron chi connectivity index (χ0n) is 27.6. The van der Waals surface area contributed by atoms with Gasteiger partial charge in [-0.3, -0.25) is 9.59 Å². The van der Waals surface area contributed by atoms with Crippen LogP contribution in [0.15, 0.2) is 0 Å². The molecule has 45 heavy (non-hydrogen) atoms. The Balaban J connectivity index is 3.16. The average molecular weight is 655 g/mol. The van der Waals surface area contributed by atoms with Crippen LogP contribution < -0.4 is 10.6 Å². The standard InChI is InChI=1S/C30H58N2O13/c1-30(2,3)45-29(36)32-10-12-38-14-16-40-18-20-42-22-24-44-26-25-43-23-21-41-19-17-39-15-13-37-11-8-27(33)31-9-6-4-5-7-28(34)35/h4-26H2,1-3H3,(H,31,33)(H,32,36)(H,34,35). The van der Waals surface area contributed by atoms with Gasteiger partial charge in [0.25, 0.3) is 0 Å². The minimum atomic E-state index is -0.792. The molecule has 0 aliphatic carbocycles. The van der Waals surface area contributed by atoms with Crippen molar-refractivity contribution >= 4 is 18.0 Å². The summed E-state index contributed by atoms with van der Waals surface area (Å²) in [5, 5.41) is 14.0. The van der Waals surface area contributed by atoms with Crippen LogP contribution in [0.4, 0.5) is 4.79 Å².